The molecule has 2 heterocycles. The molecule has 30 heavy (non-hydrogen) atoms. The van der Waals surface area contributed by atoms with E-state index in [0.717, 1.165) is 0 Å². The van der Waals surface area contributed by atoms with Crippen LogP contribution in [0.1, 0.15) is 33.6 Å². The summed E-state index contributed by atoms with van der Waals surface area (Å²) in [6, 6.07) is 8.36. The molecule has 1 saturated heterocycles. The van der Waals surface area contributed by atoms with E-state index in [1.807, 2.05) is 0 Å². The number of nitrogens with zero attached hydrogens (tertiary/aromatic N) is 1. The molecular weight excluding hydrogens is 391 g/mol. The fourth-order valence-electron chi connectivity index (χ4n) is 3.62. The fourth-order valence-corrected chi connectivity index (χ4v) is 3.62. The second-order valence-electron chi connectivity index (χ2n) is 7.37. The summed E-state index contributed by atoms with van der Waals surface area (Å²) >= 11 is 0. The van der Waals surface area contributed by atoms with Gasteiger partial charge in [0.15, 0.2) is 0 Å². The summed E-state index contributed by atoms with van der Waals surface area (Å²) in [4.78, 5) is 25.9. The lowest BCUT2D eigenvalue weighted by atomic mass is 9.83. The van der Waals surface area contributed by atoms with E-state index < -0.39 is 18.1 Å². The molecule has 1 amide bonds. The zero-order valence-electron chi connectivity index (χ0n) is 16.0. The van der Waals surface area contributed by atoms with Gasteiger partial charge in [-0.3, -0.25) is 4.79 Å². The number of ether oxygens (including phenoxy) is 1. The number of carbonyl (C=O) groups excluding carboxylic acids is 1. The molecule has 4 rings (SSSR count). The summed E-state index contributed by atoms with van der Waals surface area (Å²) in [5.41, 5.74) is 6.90. The number of aliphatic hydroxyl groups excluding tert-OH is 1. The number of rotatable bonds is 5. The van der Waals surface area contributed by atoms with Crippen molar-refractivity contribution in [3.63, 3.8) is 0 Å². The highest BCUT2D eigenvalue weighted by atomic mass is 16.5. The number of carboxylic acids is 1. The Balaban J connectivity index is 1.43. The van der Waals surface area contributed by atoms with Crippen LogP contribution in [0.5, 0.6) is 17.2 Å². The predicted octanol–water partition coefficient (Wildman–Crippen LogP) is 0.576. The van der Waals surface area contributed by atoms with Gasteiger partial charge < -0.3 is 35.3 Å². The topological polar surface area (TPSA) is 143 Å². The number of phenols is 1. The van der Waals surface area contributed by atoms with Crippen LogP contribution in [0.3, 0.4) is 0 Å². The lowest BCUT2D eigenvalue weighted by Gasteiger charge is -2.40. The minimum atomic E-state index is -1.21. The third-order valence-corrected chi connectivity index (χ3v) is 5.33. The molecule has 10 heteroatoms. The highest BCUT2D eigenvalue weighted by Crippen LogP contribution is 2.40. The van der Waals surface area contributed by atoms with Gasteiger partial charge in [0.05, 0.1) is 19.2 Å². The molecule has 1 fully saturated rings. The predicted molar refractivity (Wildman–Crippen MR) is 107 cm³/mol. The van der Waals surface area contributed by atoms with E-state index in [2.05, 4.69) is 0 Å². The first-order valence-electron chi connectivity index (χ1n) is 9.56. The second-order valence-corrected chi connectivity index (χ2v) is 7.37. The van der Waals surface area contributed by atoms with E-state index in [1.54, 1.807) is 18.2 Å². The molecule has 0 radical (unpaired) electrons. The number of nitrogens with two attached hydrogens (primary N) is 1. The molecule has 2 aliphatic heterocycles. The maximum Gasteiger partial charge on any atom is 0.343 e. The summed E-state index contributed by atoms with van der Waals surface area (Å²) in [6.07, 6.45) is -0.766. The molecule has 0 aromatic heterocycles. The van der Waals surface area contributed by atoms with Crippen molar-refractivity contribution in [1.29, 1.82) is 0 Å². The lowest BCUT2D eigenvalue weighted by molar-refractivity contribution is -0.141. The smallest absolute Gasteiger partial charge is 0.343 e. The second kappa shape index (κ2) is 7.89. The number of carbonyl (C=O) groups is 2. The van der Waals surface area contributed by atoms with Crippen LogP contribution in [0.2, 0.25) is 6.32 Å². The van der Waals surface area contributed by atoms with E-state index in [9.17, 15) is 24.9 Å². The maximum atomic E-state index is 12.6. The van der Waals surface area contributed by atoms with Crippen LogP contribution >= 0.6 is 0 Å². The van der Waals surface area contributed by atoms with Gasteiger partial charge in [-0.1, -0.05) is 12.1 Å². The quantitative estimate of drug-likeness (QED) is 0.523. The number of fused-ring (bicyclic) bond motifs is 1. The van der Waals surface area contributed by atoms with Crippen molar-refractivity contribution in [3.05, 3.63) is 53.1 Å². The number of aromatic hydroxyl groups is 1. The van der Waals surface area contributed by atoms with Crippen molar-refractivity contribution in [3.8, 4) is 17.2 Å². The number of hydrogen-bond donors (Lipinski definition) is 4. The number of amides is 1. The van der Waals surface area contributed by atoms with Gasteiger partial charge >= 0.3 is 13.5 Å². The average molecular weight is 412 g/mol. The normalized spacial score (nSPS) is 19.0. The Morgan fingerprint density at radius 3 is 2.57 bits per heavy atom. The standard InChI is InChI=1S/C20H21BN2O7/c22-17(10-1-3-11(24)4-2-10)19(26)23-8-12(9-23)29-15-6-5-13-14(25)7-21-30-18(13)16(15)20(27)28/h1-6,12,14,17,21,24-25H,7-9,22H2,(H,27,28). The number of aromatic carboxylic acids is 1. The van der Waals surface area contributed by atoms with E-state index in [0.29, 0.717) is 17.4 Å². The first-order valence-corrected chi connectivity index (χ1v) is 9.56. The number of benzene rings is 2. The Morgan fingerprint density at radius 1 is 1.20 bits per heavy atom. The summed E-state index contributed by atoms with van der Waals surface area (Å²) < 4.78 is 11.3. The fraction of sp³-hybridized carbons (Fsp3) is 0.300. The SMILES string of the molecule is NC(C(=O)N1CC(Oc2ccc3c(c2C(=O)O)OBCC3O)C1)c1ccc(O)cc1. The molecular formula is C20H21BN2O7. The molecule has 5 N–H and O–H groups in total. The summed E-state index contributed by atoms with van der Waals surface area (Å²) in [6.45, 7) is 0.536. The number of hydrogen-bond acceptors (Lipinski definition) is 7. The van der Waals surface area contributed by atoms with Gasteiger partial charge in [0, 0.05) is 5.56 Å². The Labute approximate surface area is 172 Å². The van der Waals surface area contributed by atoms with Crippen molar-refractivity contribution in [2.24, 2.45) is 5.73 Å². The van der Waals surface area contributed by atoms with E-state index in [1.165, 1.54) is 23.1 Å². The molecule has 2 aliphatic rings. The monoisotopic (exact) mass is 412 g/mol. The van der Waals surface area contributed by atoms with Crippen molar-refractivity contribution >= 4 is 19.4 Å². The molecule has 0 spiro atoms. The van der Waals surface area contributed by atoms with Crippen LogP contribution in [0.25, 0.3) is 0 Å². The highest BCUT2D eigenvalue weighted by Gasteiger charge is 2.37. The van der Waals surface area contributed by atoms with E-state index >= 15 is 0 Å². The molecule has 2 aromatic carbocycles. The van der Waals surface area contributed by atoms with Crippen molar-refractivity contribution in [2.45, 2.75) is 24.6 Å². The zero-order valence-corrected chi connectivity index (χ0v) is 16.0. The minimum absolute atomic E-state index is 0.0894. The molecule has 2 atom stereocenters. The minimum Gasteiger partial charge on any atom is -0.563 e. The largest absolute Gasteiger partial charge is 0.563 e. The van der Waals surface area contributed by atoms with Crippen LogP contribution in [-0.4, -0.2) is 58.8 Å². The van der Waals surface area contributed by atoms with Crippen LogP contribution in [0, 0.1) is 0 Å². The first kappa shape index (κ1) is 20.1. The molecule has 156 valence electrons. The van der Waals surface area contributed by atoms with Crippen molar-refractivity contribution in [1.82, 2.24) is 4.90 Å². The Morgan fingerprint density at radius 2 is 1.90 bits per heavy atom. The number of aliphatic hydroxyl groups is 1. The first-order chi connectivity index (χ1) is 14.3. The Kier molecular flexibility index (Phi) is 5.27. The average Bonchev–Trinajstić information content (AvgIpc) is 2.69. The number of carboxylic acid groups (broad SMARTS) is 1. The lowest BCUT2D eigenvalue weighted by Crippen LogP contribution is -2.58. The van der Waals surface area contributed by atoms with Gasteiger partial charge in [-0.2, -0.15) is 0 Å². The number of phenolic OH excluding ortho intramolecular Hbond substituents is 1. The molecule has 0 aliphatic carbocycles. The zero-order chi connectivity index (χ0) is 21.4. The maximum absolute atomic E-state index is 12.6. The van der Waals surface area contributed by atoms with Crippen molar-refractivity contribution in [2.75, 3.05) is 13.1 Å². The van der Waals surface area contributed by atoms with Gasteiger partial charge in [-0.05, 0) is 36.1 Å². The van der Waals surface area contributed by atoms with Gasteiger partial charge in [-0.15, -0.1) is 0 Å². The molecule has 9 nitrogen and oxygen atoms in total. The van der Waals surface area contributed by atoms with Crippen LogP contribution < -0.4 is 15.1 Å². The van der Waals surface area contributed by atoms with Crippen molar-refractivity contribution < 1.29 is 34.3 Å². The van der Waals surface area contributed by atoms with E-state index in [4.69, 9.17) is 15.1 Å². The van der Waals surface area contributed by atoms with Gasteiger partial charge in [0.2, 0.25) is 5.91 Å². The van der Waals surface area contributed by atoms with Crippen LogP contribution in [-0.2, 0) is 4.79 Å². The van der Waals surface area contributed by atoms with Gasteiger partial charge in [0.25, 0.3) is 0 Å². The summed E-state index contributed by atoms with van der Waals surface area (Å²) in [5, 5.41) is 29.1. The summed E-state index contributed by atoms with van der Waals surface area (Å²) in [7, 11) is 0.221. The molecule has 0 saturated carbocycles. The third kappa shape index (κ3) is 3.67. The Hall–Kier alpha value is -3.24. The Bertz CT molecular complexity index is 976. The molecule has 0 bridgehead atoms. The van der Waals surface area contributed by atoms with Gasteiger partial charge in [-0.25, -0.2) is 4.79 Å². The van der Waals surface area contributed by atoms with E-state index in [-0.39, 0.29) is 55.4 Å². The summed E-state index contributed by atoms with van der Waals surface area (Å²) in [5.74, 6) is -1.14. The molecule has 2 unspecified atom stereocenters. The highest BCUT2D eigenvalue weighted by molar-refractivity contribution is 6.29. The third-order valence-electron chi connectivity index (χ3n) is 5.33. The van der Waals surface area contributed by atoms with Crippen LogP contribution in [0.4, 0.5) is 0 Å². The van der Waals surface area contributed by atoms with Crippen LogP contribution in [0.15, 0.2) is 36.4 Å². The molecule has 2 aromatic rings. The number of likely N-dealkylation sites (tertiary alicyclic amines) is 1. The van der Waals surface area contributed by atoms with Gasteiger partial charge in [0.1, 0.15) is 35.0 Å².